The topological polar surface area (TPSA) is 47.8 Å². The van der Waals surface area contributed by atoms with E-state index in [0.29, 0.717) is 12.0 Å². The van der Waals surface area contributed by atoms with Crippen LogP contribution in [0.3, 0.4) is 0 Å². The zero-order chi connectivity index (χ0) is 13.2. The van der Waals surface area contributed by atoms with Crippen LogP contribution in [-0.2, 0) is 13.5 Å². The molecule has 0 radical (unpaired) electrons. The Morgan fingerprint density at radius 1 is 1.16 bits per heavy atom. The number of imidazole rings is 1. The summed E-state index contributed by atoms with van der Waals surface area (Å²) < 4.78 is 1.97. The number of aromatic nitrogens is 3. The van der Waals surface area contributed by atoms with E-state index in [9.17, 15) is 4.79 Å². The van der Waals surface area contributed by atoms with Crippen molar-refractivity contribution >= 4 is 16.8 Å². The average Bonchev–Trinajstić information content (AvgIpc) is 2.77. The second kappa shape index (κ2) is 4.65. The summed E-state index contributed by atoms with van der Waals surface area (Å²) in [5.41, 5.74) is 2.63. The molecular formula is C15H13N3O. The van der Waals surface area contributed by atoms with E-state index < -0.39 is 0 Å². The molecule has 0 aliphatic rings. The van der Waals surface area contributed by atoms with Crippen molar-refractivity contribution in [3.05, 3.63) is 60.2 Å². The van der Waals surface area contributed by atoms with Crippen LogP contribution < -0.4 is 0 Å². The number of nitrogens with zero attached hydrogens (tertiary/aromatic N) is 3. The predicted molar refractivity (Wildman–Crippen MR) is 73.0 cm³/mol. The number of fused-ring (bicyclic) bond motifs is 1. The van der Waals surface area contributed by atoms with Crippen molar-refractivity contribution in [2.24, 2.45) is 7.05 Å². The van der Waals surface area contributed by atoms with Gasteiger partial charge in [0.25, 0.3) is 0 Å². The highest BCUT2D eigenvalue weighted by molar-refractivity contribution is 5.97. The van der Waals surface area contributed by atoms with Crippen LogP contribution in [0.5, 0.6) is 0 Å². The molecule has 1 aromatic carbocycles. The Hall–Kier alpha value is -2.49. The molecule has 0 N–H and O–H groups in total. The van der Waals surface area contributed by atoms with Gasteiger partial charge >= 0.3 is 0 Å². The number of carbonyl (C=O) groups is 1. The third kappa shape index (κ3) is 2.12. The number of para-hydroxylation sites is 2. The molecule has 0 saturated heterocycles. The molecule has 0 unspecified atom stereocenters. The summed E-state index contributed by atoms with van der Waals surface area (Å²) in [6, 6.07) is 11.3. The van der Waals surface area contributed by atoms with Gasteiger partial charge in [-0.2, -0.15) is 0 Å². The molecule has 0 bridgehead atoms. The van der Waals surface area contributed by atoms with Gasteiger partial charge in [0.2, 0.25) is 0 Å². The van der Waals surface area contributed by atoms with Crippen molar-refractivity contribution in [3.63, 3.8) is 0 Å². The summed E-state index contributed by atoms with van der Waals surface area (Å²) in [7, 11) is 1.94. The van der Waals surface area contributed by atoms with Gasteiger partial charge in [0.1, 0.15) is 5.82 Å². The zero-order valence-electron chi connectivity index (χ0n) is 10.6. The summed E-state index contributed by atoms with van der Waals surface area (Å²) >= 11 is 0. The first-order chi connectivity index (χ1) is 9.25. The fourth-order valence-corrected chi connectivity index (χ4v) is 2.14. The first kappa shape index (κ1) is 11.6. The lowest BCUT2D eigenvalue weighted by Gasteiger charge is -2.02. The number of ketones is 1. The van der Waals surface area contributed by atoms with Gasteiger partial charge in [0, 0.05) is 25.0 Å². The summed E-state index contributed by atoms with van der Waals surface area (Å²) in [6.07, 6.45) is 3.56. The lowest BCUT2D eigenvalue weighted by Crippen LogP contribution is -2.08. The molecule has 3 aromatic rings. The monoisotopic (exact) mass is 251 g/mol. The van der Waals surface area contributed by atoms with Crippen LogP contribution in [0, 0.1) is 0 Å². The molecule has 0 amide bonds. The summed E-state index contributed by atoms with van der Waals surface area (Å²) in [5, 5.41) is 0. The average molecular weight is 251 g/mol. The summed E-state index contributed by atoms with van der Waals surface area (Å²) in [5.74, 6) is 0.837. The molecule has 2 aromatic heterocycles. The van der Waals surface area contributed by atoms with Crippen molar-refractivity contribution < 1.29 is 4.79 Å². The molecule has 0 fully saturated rings. The molecule has 2 heterocycles. The van der Waals surface area contributed by atoms with Crippen molar-refractivity contribution in [2.75, 3.05) is 0 Å². The van der Waals surface area contributed by atoms with E-state index in [1.54, 1.807) is 24.5 Å². The molecule has 4 heteroatoms. The standard InChI is InChI=1S/C15H13N3O/c1-18-13-5-3-2-4-12(13)17-15(18)10-14(19)11-6-8-16-9-7-11/h2-9H,10H2,1H3. The highest BCUT2D eigenvalue weighted by Crippen LogP contribution is 2.15. The van der Waals surface area contributed by atoms with Crippen LogP contribution >= 0.6 is 0 Å². The Bertz CT molecular complexity index is 731. The number of carbonyl (C=O) groups excluding carboxylic acids is 1. The summed E-state index contributed by atoms with van der Waals surface area (Å²) in [4.78, 5) is 20.6. The number of rotatable bonds is 3. The number of hydrogen-bond donors (Lipinski definition) is 0. The quantitative estimate of drug-likeness (QED) is 0.671. The van der Waals surface area contributed by atoms with Crippen LogP contribution in [-0.4, -0.2) is 20.3 Å². The molecule has 0 spiro atoms. The number of hydrogen-bond acceptors (Lipinski definition) is 3. The number of Topliss-reactive ketones (excluding diaryl/α,β-unsaturated/α-hetero) is 1. The smallest absolute Gasteiger partial charge is 0.170 e. The van der Waals surface area contributed by atoms with Crippen LogP contribution in [0.2, 0.25) is 0 Å². The molecule has 0 aliphatic heterocycles. The van der Waals surface area contributed by atoms with Gasteiger partial charge in [-0.3, -0.25) is 9.78 Å². The van der Waals surface area contributed by atoms with E-state index in [1.807, 2.05) is 35.9 Å². The van der Waals surface area contributed by atoms with E-state index in [-0.39, 0.29) is 5.78 Å². The molecule has 0 atom stereocenters. The number of pyridine rings is 1. The fraction of sp³-hybridized carbons (Fsp3) is 0.133. The molecule has 3 rings (SSSR count). The maximum absolute atomic E-state index is 12.2. The Balaban J connectivity index is 1.94. The maximum Gasteiger partial charge on any atom is 0.170 e. The highest BCUT2D eigenvalue weighted by Gasteiger charge is 2.12. The minimum absolute atomic E-state index is 0.0563. The lowest BCUT2D eigenvalue weighted by molar-refractivity contribution is 0.0990. The van der Waals surface area contributed by atoms with Gasteiger partial charge in [0.05, 0.1) is 17.5 Å². The molecule has 94 valence electrons. The number of aryl methyl sites for hydroxylation is 1. The van der Waals surface area contributed by atoms with Crippen LogP contribution in [0.15, 0.2) is 48.8 Å². The van der Waals surface area contributed by atoms with Gasteiger partial charge < -0.3 is 4.57 Å². The second-order valence-electron chi connectivity index (χ2n) is 4.41. The van der Waals surface area contributed by atoms with Crippen molar-refractivity contribution in [2.45, 2.75) is 6.42 Å². The number of benzene rings is 1. The Morgan fingerprint density at radius 3 is 2.63 bits per heavy atom. The van der Waals surface area contributed by atoms with E-state index >= 15 is 0 Å². The van der Waals surface area contributed by atoms with Crippen molar-refractivity contribution in [1.82, 2.24) is 14.5 Å². The minimum Gasteiger partial charge on any atom is -0.331 e. The lowest BCUT2D eigenvalue weighted by atomic mass is 10.1. The SMILES string of the molecule is Cn1c(CC(=O)c2ccncc2)nc2ccccc21. The van der Waals surface area contributed by atoms with Gasteiger partial charge in [-0.05, 0) is 24.3 Å². The second-order valence-corrected chi connectivity index (χ2v) is 4.41. The van der Waals surface area contributed by atoms with Gasteiger partial charge in [-0.25, -0.2) is 4.98 Å². The van der Waals surface area contributed by atoms with Crippen LogP contribution in [0.4, 0.5) is 0 Å². The fourth-order valence-electron chi connectivity index (χ4n) is 2.14. The van der Waals surface area contributed by atoms with Gasteiger partial charge in [0.15, 0.2) is 5.78 Å². The van der Waals surface area contributed by atoms with E-state index in [0.717, 1.165) is 16.9 Å². The normalized spacial score (nSPS) is 10.8. The third-order valence-corrected chi connectivity index (χ3v) is 3.20. The largest absolute Gasteiger partial charge is 0.331 e. The van der Waals surface area contributed by atoms with E-state index in [2.05, 4.69) is 9.97 Å². The van der Waals surface area contributed by atoms with Crippen LogP contribution in [0.25, 0.3) is 11.0 Å². The van der Waals surface area contributed by atoms with E-state index in [1.165, 1.54) is 0 Å². The predicted octanol–water partition coefficient (Wildman–Crippen LogP) is 2.39. The minimum atomic E-state index is 0.0563. The summed E-state index contributed by atoms with van der Waals surface area (Å²) in [6.45, 7) is 0. The van der Waals surface area contributed by atoms with Crippen molar-refractivity contribution in [1.29, 1.82) is 0 Å². The molecule has 0 saturated carbocycles. The highest BCUT2D eigenvalue weighted by atomic mass is 16.1. The van der Waals surface area contributed by atoms with Crippen LogP contribution in [0.1, 0.15) is 16.2 Å². The van der Waals surface area contributed by atoms with Gasteiger partial charge in [-0.15, -0.1) is 0 Å². The van der Waals surface area contributed by atoms with Crippen molar-refractivity contribution in [3.8, 4) is 0 Å². The molecule has 4 nitrogen and oxygen atoms in total. The third-order valence-electron chi connectivity index (χ3n) is 3.20. The zero-order valence-corrected chi connectivity index (χ0v) is 10.6. The van der Waals surface area contributed by atoms with E-state index in [4.69, 9.17) is 0 Å². The van der Waals surface area contributed by atoms with Gasteiger partial charge in [-0.1, -0.05) is 12.1 Å². The molecule has 19 heavy (non-hydrogen) atoms. The first-order valence-corrected chi connectivity index (χ1v) is 6.09. The Labute approximate surface area is 110 Å². The molecular weight excluding hydrogens is 238 g/mol. The Morgan fingerprint density at radius 2 is 1.89 bits per heavy atom. The Kier molecular flexibility index (Phi) is 2.83. The first-order valence-electron chi connectivity index (χ1n) is 6.09. The molecule has 0 aliphatic carbocycles. The maximum atomic E-state index is 12.2.